The lowest BCUT2D eigenvalue weighted by Gasteiger charge is -2.24. The van der Waals surface area contributed by atoms with E-state index in [0.717, 1.165) is 13.1 Å². The van der Waals surface area contributed by atoms with E-state index in [1.54, 1.807) is 29.2 Å². The molecule has 1 aliphatic heterocycles. The second kappa shape index (κ2) is 9.59. The maximum absolute atomic E-state index is 14.2. The predicted octanol–water partition coefficient (Wildman–Crippen LogP) is 4.57. The number of hydrogen-bond acceptors (Lipinski definition) is 6. The number of rotatable bonds is 7. The van der Waals surface area contributed by atoms with Gasteiger partial charge in [-0.25, -0.2) is 9.37 Å². The summed E-state index contributed by atoms with van der Waals surface area (Å²) in [5, 5.41) is 0.486. The van der Waals surface area contributed by atoms with Crippen molar-refractivity contribution in [3.8, 4) is 11.5 Å². The average Bonchev–Trinajstić information content (AvgIpc) is 3.38. The Bertz CT molecular complexity index is 1040. The van der Waals surface area contributed by atoms with Crippen LogP contribution in [0.25, 0.3) is 10.2 Å². The molecule has 2 aromatic carbocycles. The zero-order chi connectivity index (χ0) is 20.4. The predicted molar refractivity (Wildman–Crippen MR) is 119 cm³/mol. The summed E-state index contributed by atoms with van der Waals surface area (Å²) in [6.45, 7) is 7.24. The van der Waals surface area contributed by atoms with Crippen LogP contribution in [0.3, 0.4) is 0 Å². The van der Waals surface area contributed by atoms with Gasteiger partial charge in [-0.15, -0.1) is 12.4 Å². The Hall–Kier alpha value is -2.42. The quantitative estimate of drug-likeness (QED) is 0.526. The maximum atomic E-state index is 14.2. The fourth-order valence-electron chi connectivity index (χ4n) is 3.27. The van der Waals surface area contributed by atoms with Crippen LogP contribution in [0.15, 0.2) is 36.4 Å². The van der Waals surface area contributed by atoms with Gasteiger partial charge in [0.15, 0.2) is 16.6 Å². The molecule has 1 amide bonds. The Balaban J connectivity index is 0.00000256. The molecule has 6 nitrogen and oxygen atoms in total. The summed E-state index contributed by atoms with van der Waals surface area (Å²) in [6, 6.07) is 9.98. The SMILES string of the molecule is CCN(CC)CCN(C(=O)c1ccc2c(c1)OCO2)c1nc2c(F)cccc2s1.Cl. The third-order valence-electron chi connectivity index (χ3n) is 4.99. The van der Waals surface area contributed by atoms with Crippen molar-refractivity contribution in [1.29, 1.82) is 0 Å². The van der Waals surface area contributed by atoms with E-state index in [2.05, 4.69) is 23.7 Å². The smallest absolute Gasteiger partial charge is 0.260 e. The van der Waals surface area contributed by atoms with Crippen molar-refractivity contribution in [2.45, 2.75) is 13.8 Å². The fourth-order valence-corrected chi connectivity index (χ4v) is 4.27. The second-order valence-electron chi connectivity index (χ2n) is 6.63. The first-order chi connectivity index (χ1) is 14.1. The number of hydrogen-bond donors (Lipinski definition) is 0. The molecule has 0 aliphatic carbocycles. The highest BCUT2D eigenvalue weighted by Gasteiger charge is 2.24. The van der Waals surface area contributed by atoms with Crippen LogP contribution in [0.2, 0.25) is 0 Å². The monoisotopic (exact) mass is 451 g/mol. The molecule has 2 heterocycles. The largest absolute Gasteiger partial charge is 0.454 e. The molecule has 9 heteroatoms. The van der Waals surface area contributed by atoms with Gasteiger partial charge in [0.1, 0.15) is 11.3 Å². The first-order valence-corrected chi connectivity index (χ1v) is 10.4. The number of nitrogens with zero attached hydrogens (tertiary/aromatic N) is 3. The molecular formula is C21H23ClFN3O3S. The first kappa shape index (κ1) is 22.3. The van der Waals surface area contributed by atoms with E-state index in [0.29, 0.717) is 45.5 Å². The molecule has 0 N–H and O–H groups in total. The van der Waals surface area contributed by atoms with Crippen molar-refractivity contribution in [2.24, 2.45) is 0 Å². The number of aromatic nitrogens is 1. The minimum absolute atomic E-state index is 0. The Morgan fingerprint density at radius 2 is 1.90 bits per heavy atom. The molecule has 30 heavy (non-hydrogen) atoms. The Kier molecular flexibility index (Phi) is 7.12. The summed E-state index contributed by atoms with van der Waals surface area (Å²) in [6.07, 6.45) is 0. The minimum Gasteiger partial charge on any atom is -0.454 e. The van der Waals surface area contributed by atoms with Gasteiger partial charge in [-0.3, -0.25) is 9.69 Å². The van der Waals surface area contributed by atoms with Gasteiger partial charge in [0, 0.05) is 18.7 Å². The molecule has 0 fully saturated rings. The maximum Gasteiger partial charge on any atom is 0.260 e. The van der Waals surface area contributed by atoms with Crippen LogP contribution >= 0.6 is 23.7 Å². The number of halogens is 2. The molecule has 0 unspecified atom stereocenters. The van der Waals surface area contributed by atoms with Gasteiger partial charge in [0.05, 0.1) is 4.70 Å². The second-order valence-corrected chi connectivity index (χ2v) is 7.64. The molecule has 0 saturated carbocycles. The van der Waals surface area contributed by atoms with Gasteiger partial charge in [0.25, 0.3) is 5.91 Å². The molecule has 160 valence electrons. The van der Waals surface area contributed by atoms with Crippen LogP contribution in [-0.2, 0) is 0 Å². The highest BCUT2D eigenvalue weighted by molar-refractivity contribution is 7.22. The van der Waals surface area contributed by atoms with Crippen LogP contribution in [0.1, 0.15) is 24.2 Å². The molecular weight excluding hydrogens is 429 g/mol. The topological polar surface area (TPSA) is 54.9 Å². The van der Waals surface area contributed by atoms with E-state index in [9.17, 15) is 9.18 Å². The highest BCUT2D eigenvalue weighted by Crippen LogP contribution is 2.35. The number of likely N-dealkylation sites (N-methyl/N-ethyl adjacent to an activating group) is 1. The number of benzene rings is 2. The van der Waals surface area contributed by atoms with E-state index in [-0.39, 0.29) is 30.9 Å². The van der Waals surface area contributed by atoms with Crippen molar-refractivity contribution in [3.05, 3.63) is 47.8 Å². The summed E-state index contributed by atoms with van der Waals surface area (Å²) in [4.78, 5) is 21.7. The summed E-state index contributed by atoms with van der Waals surface area (Å²) in [5.74, 6) is 0.590. The van der Waals surface area contributed by atoms with Crippen molar-refractivity contribution in [1.82, 2.24) is 9.88 Å². The molecule has 4 rings (SSSR count). The van der Waals surface area contributed by atoms with E-state index in [1.165, 1.54) is 17.4 Å². The summed E-state index contributed by atoms with van der Waals surface area (Å²) < 4.78 is 25.6. The number of amides is 1. The number of carbonyl (C=O) groups is 1. The van der Waals surface area contributed by atoms with Crippen LogP contribution < -0.4 is 14.4 Å². The van der Waals surface area contributed by atoms with Crippen LogP contribution in [-0.4, -0.2) is 48.8 Å². The van der Waals surface area contributed by atoms with E-state index >= 15 is 0 Å². The van der Waals surface area contributed by atoms with Gasteiger partial charge in [0.2, 0.25) is 6.79 Å². The molecule has 0 saturated heterocycles. The van der Waals surface area contributed by atoms with E-state index < -0.39 is 0 Å². The summed E-state index contributed by atoms with van der Waals surface area (Å²) in [7, 11) is 0. The van der Waals surface area contributed by atoms with Gasteiger partial charge in [-0.2, -0.15) is 0 Å². The third kappa shape index (κ3) is 4.35. The Morgan fingerprint density at radius 1 is 1.13 bits per heavy atom. The molecule has 0 spiro atoms. The minimum atomic E-state index is -0.385. The summed E-state index contributed by atoms with van der Waals surface area (Å²) in [5.41, 5.74) is 0.771. The molecule has 0 atom stereocenters. The molecule has 1 aromatic heterocycles. The first-order valence-electron chi connectivity index (χ1n) is 9.59. The van der Waals surface area contributed by atoms with Gasteiger partial charge in [-0.1, -0.05) is 31.3 Å². The van der Waals surface area contributed by atoms with Crippen molar-refractivity contribution >= 4 is 45.0 Å². The lowest BCUT2D eigenvalue weighted by molar-refractivity contribution is 0.0983. The lowest BCUT2D eigenvalue weighted by Crippen LogP contribution is -2.38. The lowest BCUT2D eigenvalue weighted by atomic mass is 10.1. The standard InChI is InChI=1S/C21H22FN3O3S.ClH/c1-3-24(4-2)10-11-25(21-23-19-15(22)6-5-7-18(19)29-21)20(26)14-8-9-16-17(12-14)28-13-27-16;/h5-9,12H,3-4,10-11,13H2,1-2H3;1H. The third-order valence-corrected chi connectivity index (χ3v) is 6.03. The highest BCUT2D eigenvalue weighted by atomic mass is 35.5. The Morgan fingerprint density at radius 3 is 2.63 bits per heavy atom. The van der Waals surface area contributed by atoms with Crippen molar-refractivity contribution in [3.63, 3.8) is 0 Å². The number of anilines is 1. The normalized spacial score (nSPS) is 12.3. The fraction of sp³-hybridized carbons (Fsp3) is 0.333. The van der Waals surface area contributed by atoms with E-state index in [4.69, 9.17) is 9.47 Å². The van der Waals surface area contributed by atoms with Gasteiger partial charge >= 0.3 is 0 Å². The molecule has 0 bridgehead atoms. The number of fused-ring (bicyclic) bond motifs is 2. The number of ether oxygens (including phenoxy) is 2. The van der Waals surface area contributed by atoms with Gasteiger partial charge < -0.3 is 14.4 Å². The van der Waals surface area contributed by atoms with Gasteiger partial charge in [-0.05, 0) is 43.4 Å². The molecule has 3 aromatic rings. The summed E-state index contributed by atoms with van der Waals surface area (Å²) >= 11 is 1.31. The van der Waals surface area contributed by atoms with Crippen molar-refractivity contribution < 1.29 is 18.7 Å². The zero-order valence-electron chi connectivity index (χ0n) is 16.8. The van der Waals surface area contributed by atoms with E-state index in [1.807, 2.05) is 6.07 Å². The van der Waals surface area contributed by atoms with Crippen LogP contribution in [0.5, 0.6) is 11.5 Å². The molecule has 1 aliphatic rings. The van der Waals surface area contributed by atoms with Crippen LogP contribution in [0.4, 0.5) is 9.52 Å². The zero-order valence-corrected chi connectivity index (χ0v) is 18.4. The van der Waals surface area contributed by atoms with Crippen LogP contribution in [0, 0.1) is 5.82 Å². The number of para-hydroxylation sites is 1. The Labute approximate surface area is 184 Å². The average molecular weight is 452 g/mol. The van der Waals surface area contributed by atoms with Crippen molar-refractivity contribution in [2.75, 3.05) is 37.9 Å². The molecule has 0 radical (unpaired) electrons. The number of carbonyl (C=O) groups excluding carboxylic acids is 1. The number of thiazole rings is 1.